The summed E-state index contributed by atoms with van der Waals surface area (Å²) in [4.78, 5) is 93.2. The molecule has 10 heterocycles. The molecule has 0 amide bonds. The van der Waals surface area contributed by atoms with Crippen molar-refractivity contribution in [3.8, 4) is 0 Å². The Morgan fingerprint density at radius 1 is 0.462 bits per heavy atom. The summed E-state index contributed by atoms with van der Waals surface area (Å²) < 4.78 is 233. The van der Waals surface area contributed by atoms with E-state index in [0.717, 1.165) is 136 Å². The third-order valence-corrected chi connectivity index (χ3v) is 37.3. The van der Waals surface area contributed by atoms with Gasteiger partial charge in [-0.3, -0.25) is 47.3 Å². The molecule has 3 radical (unpaired) electrons. The molecule has 15 fully saturated rings. The molecule has 29 nitrogen and oxygen atoms in total. The minimum atomic E-state index is -3.70. The number of hydrogen-bond acceptors (Lipinski definition) is 29. The van der Waals surface area contributed by atoms with Crippen LogP contribution in [0, 0.1) is 59.2 Å². The van der Waals surface area contributed by atoms with Gasteiger partial charge in [0.15, 0.2) is 39.8 Å². The van der Waals surface area contributed by atoms with Crippen LogP contribution < -0.4 is 29.6 Å². The standard InChI is InChI=1S/C20H32F2O5.C20H30F2O5.C20H28F2O5.C19H34O5Si.C13H20O5.C9H17F2O4P.CH3F.CH4.B.Na.H/c3*1-2-3-9-20(21,22)17(23)8-7-13-14-11-18(24)26-16(14)12-15(13)27-19-6-4-5-10-25-19;1-19(2,3)25(4,5)22-12-14-13-10-17(20)23-15(13)11-16(14)24-18-8-6-7-9-21-18;14-7-9-8-5-12(15)17-10(8)6-11(9)18-13-3-1-2-4-16-13;1-4-5-6-9(10,11)8(12)7-16(13,14-2)15-3;1-2;;;;/h13-17,19,23H,2-12H2,1H3;13-16,19H,2-12H2,1H3;7-8,13-16,19H,2-6,9-12H2,1H3;13-16,18H,6-12H2,1-5H3;8-11,13-14H,1-7H2;4-7H2,1-3H3;1H3;1H4;;;/q;;;;;;;;;+1;-1/b;;8-7+;;;;;;;;/t13-,14-,15-,16?,17?,19?;2*13-,14-,15-,16?,19?;13-,14?,15?,16?,18?;8-,9?,10?,11?,13?;;;;;;/m11111....../s1. The number of rotatable bonds is 42. The van der Waals surface area contributed by atoms with Gasteiger partial charge in [-0.2, -0.15) is 26.3 Å². The second-order valence-corrected chi connectivity index (χ2v) is 49.2. The minimum absolute atomic E-state index is 0. The summed E-state index contributed by atoms with van der Waals surface area (Å²) in [6.45, 7) is 22.8. The number of aliphatic hydroxyl groups is 2. The molecule has 10 aliphatic heterocycles. The van der Waals surface area contributed by atoms with E-state index in [0.29, 0.717) is 136 Å². The summed E-state index contributed by atoms with van der Waals surface area (Å²) in [5, 5.41) is 19.7. The number of alkyl halides is 9. The van der Waals surface area contributed by atoms with Crippen LogP contribution in [0.5, 0.6) is 0 Å². The van der Waals surface area contributed by atoms with Crippen molar-refractivity contribution in [2.24, 2.45) is 59.2 Å². The Hall–Kier alpha value is -3.62. The van der Waals surface area contributed by atoms with Crippen LogP contribution in [0.3, 0.4) is 0 Å². The first-order valence-electron chi connectivity index (χ1n) is 52.6. The van der Waals surface area contributed by atoms with E-state index in [1.54, 1.807) is 13.8 Å². The van der Waals surface area contributed by atoms with Crippen molar-refractivity contribution in [1.29, 1.82) is 0 Å². The SMILES string of the molecule is C.CC(C)(C)[Si](C)(C)OCC1C(OC2CCCCO2)CC2OC(=O)C[C@@H]21.CCCCC(F)(F)C(=O)/C=C/[C@H]1[C@H](OC2CCCCO2)CC2OC(=O)C[C@@H]21.CCCCC(F)(F)C(=O)CC[C@H]1[C@H](OC2CCCCO2)CC2OC(=O)C[C@@H]21.CCCCC(F)(F)C(=O)CP(=O)(OC)OC.CCCCC(F)(F)C(O)CC[C@H]1[C@H](OC2CCCCO2)CC2OC(=O)C[C@@H]21.CF.O=C1C[C@H]2C(CC(OC3CCCCO3)C2CO)O1.[B].[H-].[Na+]. The van der Waals surface area contributed by atoms with Crippen molar-refractivity contribution in [2.75, 3.05) is 73.8 Å². The molecule has 26 atom stereocenters. The van der Waals surface area contributed by atoms with E-state index in [1.165, 1.54) is 6.08 Å². The Balaban J connectivity index is 0.000000308. The topological polar surface area (TPSA) is 360 Å². The van der Waals surface area contributed by atoms with Gasteiger partial charge in [0.25, 0.3) is 5.92 Å². The molecular formula is C103H169BF9NaO29PSi. The molecule has 42 heteroatoms. The number of halogens is 9. The largest absolute Gasteiger partial charge is 1.00 e. The molecule has 5 saturated carbocycles. The van der Waals surface area contributed by atoms with Gasteiger partial charge in [0.05, 0.1) is 69.8 Å². The van der Waals surface area contributed by atoms with Gasteiger partial charge in [-0.05, 0) is 177 Å². The summed E-state index contributed by atoms with van der Waals surface area (Å²) in [5.74, 6) is -17.8. The van der Waals surface area contributed by atoms with Gasteiger partial charge in [0, 0.05) is 180 Å². The number of fused-ring (bicyclic) bond motifs is 5. The maximum Gasteiger partial charge on any atom is 1.00 e. The second-order valence-electron chi connectivity index (χ2n) is 42.1. The fourth-order valence-electron chi connectivity index (χ4n) is 21.7. The molecule has 5 aliphatic carbocycles. The summed E-state index contributed by atoms with van der Waals surface area (Å²) in [6.07, 6.45) is 19.7. The first-order valence-corrected chi connectivity index (χ1v) is 57.3. The maximum absolute atomic E-state index is 14.1. The fraction of sp³-hybridized carbons (Fsp3) is 0.903. The molecule has 831 valence electrons. The number of Topliss-reactive ketones (excluding diaryl/α,β-unsaturated/α-hetero) is 2. The molecule has 0 aromatic carbocycles. The molecule has 0 aromatic heterocycles. The Morgan fingerprint density at radius 2 is 0.772 bits per heavy atom. The van der Waals surface area contributed by atoms with E-state index < -0.39 is 88.5 Å². The van der Waals surface area contributed by atoms with Crippen molar-refractivity contribution in [3.05, 3.63) is 12.2 Å². The zero-order valence-electron chi connectivity index (χ0n) is 88.2. The molecule has 0 spiro atoms. The first kappa shape index (κ1) is 130. The summed E-state index contributed by atoms with van der Waals surface area (Å²) in [6, 6.07) is 0. The minimum Gasteiger partial charge on any atom is -1.00 e. The average molecular weight is 2140 g/mol. The van der Waals surface area contributed by atoms with Crippen LogP contribution in [-0.4, -0.2) is 270 Å². The van der Waals surface area contributed by atoms with Crippen molar-refractivity contribution >= 4 is 71.5 Å². The Morgan fingerprint density at radius 3 is 1.12 bits per heavy atom. The molecule has 145 heavy (non-hydrogen) atoms. The number of esters is 5. The van der Waals surface area contributed by atoms with E-state index in [4.69, 9.17) is 75.5 Å². The van der Waals surface area contributed by atoms with Crippen molar-refractivity contribution in [1.82, 2.24) is 0 Å². The zero-order valence-corrected chi connectivity index (χ0v) is 91.1. The number of allylic oxidation sites excluding steroid dienone is 1. The number of unbranched alkanes of at least 4 members (excludes halogenated alkanes) is 4. The van der Waals surface area contributed by atoms with Crippen LogP contribution >= 0.6 is 7.60 Å². The first-order chi connectivity index (χ1) is 67.5. The molecule has 15 aliphatic rings. The summed E-state index contributed by atoms with van der Waals surface area (Å²) >= 11 is 0. The van der Waals surface area contributed by atoms with Gasteiger partial charge < -0.3 is 96.2 Å². The van der Waals surface area contributed by atoms with Crippen LogP contribution in [0.15, 0.2) is 12.2 Å². The predicted octanol–water partition coefficient (Wildman–Crippen LogP) is 17.2. The van der Waals surface area contributed by atoms with E-state index in [9.17, 15) is 92.6 Å². The van der Waals surface area contributed by atoms with Gasteiger partial charge in [-0.15, -0.1) is 0 Å². The van der Waals surface area contributed by atoms with E-state index in [1.807, 2.05) is 13.8 Å². The second kappa shape index (κ2) is 62.2. The van der Waals surface area contributed by atoms with Gasteiger partial charge in [0.1, 0.15) is 42.8 Å². The number of carbonyl (C=O) groups excluding carboxylic acids is 8. The van der Waals surface area contributed by atoms with E-state index in [-0.39, 0.29) is 279 Å². The molecule has 0 aromatic rings. The van der Waals surface area contributed by atoms with Crippen LogP contribution in [0.1, 0.15) is 321 Å². The Bertz CT molecular complexity index is 3950. The number of carbonyl (C=O) groups is 8. The number of ketones is 3. The van der Waals surface area contributed by atoms with Gasteiger partial charge >= 0.3 is 84.8 Å². The Kier molecular flexibility index (Phi) is 55.8. The number of aliphatic hydroxyl groups excluding tert-OH is 2. The number of hydrogen-bond donors (Lipinski definition) is 2. The quantitative estimate of drug-likeness (QED) is 0.0143. The molecule has 15 unspecified atom stereocenters. The van der Waals surface area contributed by atoms with Gasteiger partial charge in [0.2, 0.25) is 17.3 Å². The predicted molar refractivity (Wildman–Crippen MR) is 517 cm³/mol. The van der Waals surface area contributed by atoms with Crippen LogP contribution in [0.2, 0.25) is 18.1 Å². The van der Waals surface area contributed by atoms with Crippen molar-refractivity contribution in [2.45, 2.75) is 460 Å². The monoisotopic (exact) mass is 2130 g/mol. The third-order valence-electron chi connectivity index (χ3n) is 31.0. The van der Waals surface area contributed by atoms with Crippen LogP contribution in [0.4, 0.5) is 39.5 Å². The third kappa shape index (κ3) is 38.8. The summed E-state index contributed by atoms with van der Waals surface area (Å²) in [5.41, 5.74) is 0. The molecule has 2 N–H and O–H groups in total. The normalized spacial score (nSPS) is 32.3. The smallest absolute Gasteiger partial charge is 1.00 e. The van der Waals surface area contributed by atoms with Crippen molar-refractivity contribution < 1.29 is 208 Å². The van der Waals surface area contributed by atoms with E-state index >= 15 is 0 Å². The summed E-state index contributed by atoms with van der Waals surface area (Å²) in [7, 11) is -2.91. The van der Waals surface area contributed by atoms with Crippen LogP contribution in [-0.2, 0) is 127 Å². The van der Waals surface area contributed by atoms with Gasteiger partial charge in [-0.25, -0.2) is 8.78 Å². The molecule has 15 rings (SSSR count). The van der Waals surface area contributed by atoms with Crippen molar-refractivity contribution in [3.63, 3.8) is 0 Å². The molecule has 0 bridgehead atoms. The van der Waals surface area contributed by atoms with E-state index in [2.05, 4.69) is 42.9 Å². The van der Waals surface area contributed by atoms with Gasteiger partial charge in [-0.1, -0.05) is 87.7 Å². The Labute approximate surface area is 879 Å². The average Bonchev–Trinajstić information content (AvgIpc) is 1.64. The molecular weight excluding hydrogens is 1960 g/mol. The zero-order chi connectivity index (χ0) is 104. The maximum atomic E-state index is 14.1. The number of ether oxygens (including phenoxy) is 15. The molecule has 10 saturated heterocycles. The fourth-order valence-corrected chi connectivity index (χ4v) is 23.7. The van der Waals surface area contributed by atoms with Crippen LogP contribution in [0.25, 0.3) is 0 Å².